The van der Waals surface area contributed by atoms with Crippen molar-refractivity contribution >= 4 is 0 Å². The molecule has 0 heterocycles. The Morgan fingerprint density at radius 1 is 1.38 bits per heavy atom. The van der Waals surface area contributed by atoms with Gasteiger partial charge in [0.1, 0.15) is 0 Å². The summed E-state index contributed by atoms with van der Waals surface area (Å²) in [5.41, 5.74) is 6.00. The second kappa shape index (κ2) is 4.97. The fourth-order valence-corrected chi connectivity index (χ4v) is 1.86. The molecule has 0 aliphatic heterocycles. The van der Waals surface area contributed by atoms with Crippen molar-refractivity contribution in [3.8, 4) is 0 Å². The third-order valence-electron chi connectivity index (χ3n) is 2.75. The Kier molecular flexibility index (Phi) is 4.20. The molecule has 78 valence electrons. The van der Waals surface area contributed by atoms with Crippen LogP contribution in [0, 0.1) is 11.8 Å². The smallest absolute Gasteiger partial charge is 0.0728 e. The molecule has 0 aromatic carbocycles. The minimum Gasteiger partial charge on any atom is -0.376 e. The minimum atomic E-state index is 0.273. The van der Waals surface area contributed by atoms with E-state index < -0.39 is 0 Å². The molecule has 1 fully saturated rings. The fraction of sp³-hybridized carbons (Fsp3) is 1.00. The summed E-state index contributed by atoms with van der Waals surface area (Å²) in [4.78, 5) is 0. The van der Waals surface area contributed by atoms with Gasteiger partial charge in [0.25, 0.3) is 0 Å². The van der Waals surface area contributed by atoms with E-state index in [4.69, 9.17) is 10.5 Å². The number of hydrogen-bond acceptors (Lipinski definition) is 2. The molecule has 3 atom stereocenters. The largest absolute Gasteiger partial charge is 0.376 e. The molecule has 1 aliphatic carbocycles. The van der Waals surface area contributed by atoms with Gasteiger partial charge in [-0.05, 0) is 31.1 Å². The zero-order valence-corrected chi connectivity index (χ0v) is 9.12. The Balaban J connectivity index is 2.29. The first-order chi connectivity index (χ1) is 6.09. The standard InChI is InChI=1S/C11H23NO/c1-8(2)7-13-11-6-9(3)4-5-10(11)12/h8-11H,4-7,12H2,1-3H3. The predicted molar refractivity (Wildman–Crippen MR) is 55.6 cm³/mol. The molecule has 0 saturated heterocycles. The van der Waals surface area contributed by atoms with Gasteiger partial charge in [0.15, 0.2) is 0 Å². The summed E-state index contributed by atoms with van der Waals surface area (Å²) in [6, 6.07) is 0.273. The van der Waals surface area contributed by atoms with Gasteiger partial charge in [0.05, 0.1) is 6.10 Å². The van der Waals surface area contributed by atoms with Crippen LogP contribution in [0.2, 0.25) is 0 Å². The molecule has 1 aliphatic rings. The van der Waals surface area contributed by atoms with E-state index in [1.54, 1.807) is 0 Å². The maximum atomic E-state index is 6.00. The van der Waals surface area contributed by atoms with Crippen molar-refractivity contribution in [2.75, 3.05) is 6.61 Å². The highest BCUT2D eigenvalue weighted by molar-refractivity contribution is 4.81. The van der Waals surface area contributed by atoms with Crippen LogP contribution in [0.15, 0.2) is 0 Å². The molecule has 1 rings (SSSR count). The number of rotatable bonds is 3. The van der Waals surface area contributed by atoms with Crippen LogP contribution in [0.25, 0.3) is 0 Å². The van der Waals surface area contributed by atoms with Crippen LogP contribution < -0.4 is 5.73 Å². The molecule has 0 spiro atoms. The maximum absolute atomic E-state index is 6.00. The van der Waals surface area contributed by atoms with E-state index in [2.05, 4.69) is 20.8 Å². The quantitative estimate of drug-likeness (QED) is 0.731. The Morgan fingerprint density at radius 2 is 2.08 bits per heavy atom. The van der Waals surface area contributed by atoms with Gasteiger partial charge in [-0.2, -0.15) is 0 Å². The first-order valence-electron chi connectivity index (χ1n) is 5.46. The number of nitrogens with two attached hydrogens (primary N) is 1. The second-order valence-corrected chi connectivity index (χ2v) is 4.85. The van der Waals surface area contributed by atoms with Crippen LogP contribution in [0.5, 0.6) is 0 Å². The van der Waals surface area contributed by atoms with Crippen LogP contribution in [-0.4, -0.2) is 18.8 Å². The van der Waals surface area contributed by atoms with Crippen LogP contribution in [-0.2, 0) is 4.74 Å². The Bertz CT molecular complexity index is 147. The van der Waals surface area contributed by atoms with E-state index in [0.29, 0.717) is 12.0 Å². The Labute approximate surface area is 81.8 Å². The summed E-state index contributed by atoms with van der Waals surface area (Å²) in [6.45, 7) is 7.50. The van der Waals surface area contributed by atoms with Gasteiger partial charge in [0, 0.05) is 12.6 Å². The number of hydrogen-bond donors (Lipinski definition) is 1. The van der Waals surface area contributed by atoms with Crippen LogP contribution in [0.1, 0.15) is 40.0 Å². The molecule has 3 unspecified atom stereocenters. The highest BCUT2D eigenvalue weighted by Gasteiger charge is 2.26. The minimum absolute atomic E-state index is 0.273. The molecule has 1 saturated carbocycles. The zero-order valence-electron chi connectivity index (χ0n) is 9.12. The predicted octanol–water partition coefficient (Wildman–Crippen LogP) is 2.17. The van der Waals surface area contributed by atoms with E-state index >= 15 is 0 Å². The van der Waals surface area contributed by atoms with E-state index in [1.807, 2.05) is 0 Å². The van der Waals surface area contributed by atoms with Gasteiger partial charge in [-0.15, -0.1) is 0 Å². The third-order valence-corrected chi connectivity index (χ3v) is 2.75. The van der Waals surface area contributed by atoms with Crippen molar-refractivity contribution in [2.24, 2.45) is 17.6 Å². The van der Waals surface area contributed by atoms with Gasteiger partial charge in [-0.25, -0.2) is 0 Å². The summed E-state index contributed by atoms with van der Waals surface area (Å²) in [6.07, 6.45) is 3.85. The fourth-order valence-electron chi connectivity index (χ4n) is 1.86. The molecule has 2 heteroatoms. The van der Waals surface area contributed by atoms with Crippen molar-refractivity contribution in [3.05, 3.63) is 0 Å². The van der Waals surface area contributed by atoms with Gasteiger partial charge in [-0.3, -0.25) is 0 Å². The molecule has 0 amide bonds. The lowest BCUT2D eigenvalue weighted by atomic mass is 9.85. The van der Waals surface area contributed by atoms with Crippen molar-refractivity contribution in [2.45, 2.75) is 52.2 Å². The summed E-state index contributed by atoms with van der Waals surface area (Å²) in [5, 5.41) is 0. The van der Waals surface area contributed by atoms with Gasteiger partial charge >= 0.3 is 0 Å². The molecule has 0 aromatic rings. The van der Waals surface area contributed by atoms with Crippen molar-refractivity contribution in [1.82, 2.24) is 0 Å². The Hall–Kier alpha value is -0.0800. The lowest BCUT2D eigenvalue weighted by Crippen LogP contribution is -2.42. The monoisotopic (exact) mass is 185 g/mol. The van der Waals surface area contributed by atoms with Crippen LogP contribution in [0.3, 0.4) is 0 Å². The summed E-state index contributed by atoms with van der Waals surface area (Å²) in [7, 11) is 0. The third kappa shape index (κ3) is 3.65. The van der Waals surface area contributed by atoms with Gasteiger partial charge in [-0.1, -0.05) is 20.8 Å². The highest BCUT2D eigenvalue weighted by Crippen LogP contribution is 2.25. The van der Waals surface area contributed by atoms with Crippen LogP contribution >= 0.6 is 0 Å². The second-order valence-electron chi connectivity index (χ2n) is 4.85. The zero-order chi connectivity index (χ0) is 9.84. The van der Waals surface area contributed by atoms with Crippen molar-refractivity contribution in [1.29, 1.82) is 0 Å². The van der Waals surface area contributed by atoms with Crippen LogP contribution in [0.4, 0.5) is 0 Å². The molecular formula is C11H23NO. The average molecular weight is 185 g/mol. The van der Waals surface area contributed by atoms with Gasteiger partial charge < -0.3 is 10.5 Å². The molecular weight excluding hydrogens is 162 g/mol. The number of ether oxygens (including phenoxy) is 1. The molecule has 0 bridgehead atoms. The van der Waals surface area contributed by atoms with E-state index in [1.165, 1.54) is 6.42 Å². The lowest BCUT2D eigenvalue weighted by molar-refractivity contribution is -0.0100. The van der Waals surface area contributed by atoms with E-state index in [-0.39, 0.29) is 6.04 Å². The lowest BCUT2D eigenvalue weighted by Gasteiger charge is -2.32. The highest BCUT2D eigenvalue weighted by atomic mass is 16.5. The van der Waals surface area contributed by atoms with Gasteiger partial charge in [0.2, 0.25) is 0 Å². The van der Waals surface area contributed by atoms with Crippen molar-refractivity contribution in [3.63, 3.8) is 0 Å². The molecule has 0 radical (unpaired) electrons. The molecule has 0 aromatic heterocycles. The maximum Gasteiger partial charge on any atom is 0.0728 e. The molecule has 2 N–H and O–H groups in total. The SMILES string of the molecule is CC(C)COC1CC(C)CCC1N. The summed E-state index contributed by atoms with van der Waals surface area (Å²) >= 11 is 0. The topological polar surface area (TPSA) is 35.2 Å². The Morgan fingerprint density at radius 3 is 2.69 bits per heavy atom. The molecule has 13 heavy (non-hydrogen) atoms. The molecule has 2 nitrogen and oxygen atoms in total. The summed E-state index contributed by atoms with van der Waals surface area (Å²) in [5.74, 6) is 1.40. The van der Waals surface area contributed by atoms with Crippen molar-refractivity contribution < 1.29 is 4.74 Å². The first-order valence-corrected chi connectivity index (χ1v) is 5.46. The summed E-state index contributed by atoms with van der Waals surface area (Å²) < 4.78 is 5.80. The first kappa shape index (κ1) is 11.0. The average Bonchev–Trinajstić information content (AvgIpc) is 2.06. The van der Waals surface area contributed by atoms with E-state index in [0.717, 1.165) is 25.4 Å². The normalized spacial score (nSPS) is 35.3. The van der Waals surface area contributed by atoms with E-state index in [9.17, 15) is 0 Å².